The molecule has 0 heterocycles. The minimum absolute atomic E-state index is 0.199. The minimum atomic E-state index is -1.71. The third-order valence-corrected chi connectivity index (χ3v) is 8.84. The van der Waals surface area contributed by atoms with E-state index >= 15 is 0 Å². The number of aldehydes is 1. The van der Waals surface area contributed by atoms with Crippen LogP contribution in [0.1, 0.15) is 40.0 Å². The largest absolute Gasteiger partial charge is 0.416 e. The predicted octanol–water partition coefficient (Wildman–Crippen LogP) is 5.07. The van der Waals surface area contributed by atoms with Crippen LogP contribution in [0.5, 0.6) is 0 Å². The molecule has 0 aliphatic carbocycles. The van der Waals surface area contributed by atoms with Crippen LogP contribution < -0.4 is 0 Å². The Hall–Kier alpha value is 0.167. The van der Waals surface area contributed by atoms with E-state index in [0.717, 1.165) is 6.29 Å². The van der Waals surface area contributed by atoms with Crippen LogP contribution in [0.25, 0.3) is 0 Å². The molecule has 0 N–H and O–H groups in total. The molecule has 0 saturated carbocycles. The third kappa shape index (κ3) is 6.37. The first kappa shape index (κ1) is 18.2. The first-order valence-electron chi connectivity index (χ1n) is 6.22. The number of rotatable bonds is 7. The summed E-state index contributed by atoms with van der Waals surface area (Å²) in [5.74, 6) is 0. The van der Waals surface area contributed by atoms with Crippen molar-refractivity contribution in [2.75, 3.05) is 6.61 Å². The van der Waals surface area contributed by atoms with Crippen molar-refractivity contribution in [3.05, 3.63) is 10.1 Å². The van der Waals surface area contributed by atoms with Gasteiger partial charge in [-0.15, -0.1) is 0 Å². The second kappa shape index (κ2) is 7.68. The number of hydrogen-bond acceptors (Lipinski definition) is 2. The average Bonchev–Trinajstić information content (AvgIpc) is 2.23. The molecular weight excluding hydrogens is 287 g/mol. The highest BCUT2D eigenvalue weighted by atomic mass is 35.5. The Balaban J connectivity index is 4.23. The number of carbonyl (C=O) groups is 1. The lowest BCUT2D eigenvalue weighted by Crippen LogP contribution is -2.40. The van der Waals surface area contributed by atoms with E-state index < -0.39 is 8.32 Å². The van der Waals surface area contributed by atoms with Crippen molar-refractivity contribution in [2.45, 2.75) is 58.2 Å². The molecule has 0 unspecified atom stereocenters. The highest BCUT2D eigenvalue weighted by molar-refractivity contribution is 6.74. The molecule has 0 aliphatic heterocycles. The fourth-order valence-corrected chi connectivity index (χ4v) is 2.49. The number of carbonyl (C=O) groups excluding carboxylic acids is 1. The van der Waals surface area contributed by atoms with E-state index in [9.17, 15) is 4.79 Å². The van der Waals surface area contributed by atoms with Crippen molar-refractivity contribution in [3.63, 3.8) is 0 Å². The first-order valence-corrected chi connectivity index (χ1v) is 9.89. The van der Waals surface area contributed by atoms with Crippen LogP contribution in [0.15, 0.2) is 10.1 Å². The maximum atomic E-state index is 10.2. The average molecular weight is 311 g/mol. The fourth-order valence-electron chi connectivity index (χ4n) is 1.07. The molecule has 0 spiro atoms. The second-order valence-electron chi connectivity index (χ2n) is 5.87. The topological polar surface area (TPSA) is 26.3 Å². The van der Waals surface area contributed by atoms with Gasteiger partial charge < -0.3 is 9.22 Å². The molecule has 0 aromatic rings. The quantitative estimate of drug-likeness (QED) is 0.485. The van der Waals surface area contributed by atoms with Crippen molar-refractivity contribution in [1.82, 2.24) is 0 Å². The molecule has 0 aromatic heterocycles. The molecule has 0 saturated heterocycles. The van der Waals surface area contributed by atoms with Gasteiger partial charge in [0.05, 0.1) is 0 Å². The van der Waals surface area contributed by atoms with Crippen molar-refractivity contribution >= 4 is 37.8 Å². The summed E-state index contributed by atoms with van der Waals surface area (Å²) in [4.78, 5) is 10.2. The molecule has 0 fully saturated rings. The summed E-state index contributed by atoms with van der Waals surface area (Å²) in [6.07, 6.45) is 2.40. The van der Waals surface area contributed by atoms with Gasteiger partial charge in [-0.1, -0.05) is 44.0 Å². The van der Waals surface area contributed by atoms with Gasteiger partial charge in [-0.3, -0.25) is 0 Å². The number of allylic oxidation sites excluding steroid dienone is 1. The normalized spacial score (nSPS) is 14.4. The molecule has 18 heavy (non-hydrogen) atoms. The van der Waals surface area contributed by atoms with Gasteiger partial charge >= 0.3 is 0 Å². The van der Waals surface area contributed by atoms with E-state index in [1.165, 1.54) is 0 Å². The van der Waals surface area contributed by atoms with Crippen LogP contribution in [0, 0.1) is 0 Å². The predicted molar refractivity (Wildman–Crippen MR) is 81.8 cm³/mol. The second-order valence-corrected chi connectivity index (χ2v) is 11.6. The lowest BCUT2D eigenvalue weighted by Gasteiger charge is -2.36. The maximum absolute atomic E-state index is 10.2. The molecule has 0 rings (SSSR count). The van der Waals surface area contributed by atoms with Crippen LogP contribution in [0.3, 0.4) is 0 Å². The monoisotopic (exact) mass is 310 g/mol. The zero-order chi connectivity index (χ0) is 14.4. The third-order valence-electron chi connectivity index (χ3n) is 3.37. The molecule has 0 atom stereocenters. The molecule has 2 nitrogen and oxygen atoms in total. The number of halogens is 2. The molecule has 0 radical (unpaired) electrons. The van der Waals surface area contributed by atoms with E-state index in [0.29, 0.717) is 35.9 Å². The Bertz CT molecular complexity index is 307. The Morgan fingerprint density at radius 2 is 1.67 bits per heavy atom. The van der Waals surface area contributed by atoms with Crippen LogP contribution >= 0.6 is 23.2 Å². The van der Waals surface area contributed by atoms with Crippen molar-refractivity contribution in [2.24, 2.45) is 0 Å². The Morgan fingerprint density at radius 3 is 2.11 bits per heavy atom. The standard InChI is InChI=1S/C13H24Cl2O2Si/c1-13(2,3)18(4,5)17-10-8-12(15)11(14)7-6-9-16/h9H,6-8,10H2,1-5H3/b12-11-. The van der Waals surface area contributed by atoms with E-state index in [4.69, 9.17) is 27.6 Å². The summed E-state index contributed by atoms with van der Waals surface area (Å²) in [6.45, 7) is 11.6. The molecule has 0 aliphatic rings. The zero-order valence-electron chi connectivity index (χ0n) is 12.0. The van der Waals surface area contributed by atoms with Gasteiger partial charge in [0.1, 0.15) is 6.29 Å². The maximum Gasteiger partial charge on any atom is 0.191 e. The molecule has 106 valence electrons. The summed E-state index contributed by atoms with van der Waals surface area (Å²) in [7, 11) is -1.71. The van der Waals surface area contributed by atoms with Gasteiger partial charge in [-0.05, 0) is 24.6 Å². The van der Waals surface area contributed by atoms with Crippen molar-refractivity contribution < 1.29 is 9.22 Å². The summed E-state index contributed by atoms with van der Waals surface area (Å²) < 4.78 is 6.01. The van der Waals surface area contributed by atoms with Crippen molar-refractivity contribution in [3.8, 4) is 0 Å². The van der Waals surface area contributed by atoms with E-state index in [1.54, 1.807) is 0 Å². The first-order chi connectivity index (χ1) is 8.12. The highest BCUT2D eigenvalue weighted by Gasteiger charge is 2.36. The van der Waals surface area contributed by atoms with Gasteiger partial charge in [0.15, 0.2) is 8.32 Å². The number of hydrogen-bond donors (Lipinski definition) is 0. The van der Waals surface area contributed by atoms with Crippen LogP contribution in [0.4, 0.5) is 0 Å². The van der Waals surface area contributed by atoms with Gasteiger partial charge in [0, 0.05) is 29.5 Å². The molecule has 0 aromatic carbocycles. The van der Waals surface area contributed by atoms with E-state index in [-0.39, 0.29) is 5.04 Å². The molecule has 0 amide bonds. The van der Waals surface area contributed by atoms with E-state index in [1.807, 2.05) is 0 Å². The van der Waals surface area contributed by atoms with Crippen LogP contribution in [-0.4, -0.2) is 21.2 Å². The fraction of sp³-hybridized carbons (Fsp3) is 0.769. The summed E-state index contributed by atoms with van der Waals surface area (Å²) in [5, 5.41) is 1.38. The van der Waals surface area contributed by atoms with Gasteiger partial charge in [-0.2, -0.15) is 0 Å². The summed E-state index contributed by atoms with van der Waals surface area (Å²) in [6, 6.07) is 0. The zero-order valence-corrected chi connectivity index (χ0v) is 14.5. The van der Waals surface area contributed by atoms with E-state index in [2.05, 4.69) is 33.9 Å². The summed E-state index contributed by atoms with van der Waals surface area (Å²) in [5.41, 5.74) is 0. The van der Waals surface area contributed by atoms with Crippen molar-refractivity contribution in [1.29, 1.82) is 0 Å². The summed E-state index contributed by atoms with van der Waals surface area (Å²) >= 11 is 12.1. The highest BCUT2D eigenvalue weighted by Crippen LogP contribution is 2.36. The smallest absolute Gasteiger partial charge is 0.191 e. The Morgan fingerprint density at radius 1 is 1.17 bits per heavy atom. The Labute approximate surface area is 122 Å². The molecular formula is C13H24Cl2O2Si. The van der Waals surface area contributed by atoms with Gasteiger partial charge in [0.2, 0.25) is 0 Å². The molecule has 5 heteroatoms. The lowest BCUT2D eigenvalue weighted by molar-refractivity contribution is -0.107. The van der Waals surface area contributed by atoms with Crippen LogP contribution in [-0.2, 0) is 9.22 Å². The van der Waals surface area contributed by atoms with Crippen LogP contribution in [0.2, 0.25) is 18.1 Å². The van der Waals surface area contributed by atoms with Gasteiger partial charge in [-0.25, -0.2) is 0 Å². The lowest BCUT2D eigenvalue weighted by atomic mass is 10.2. The SMILES string of the molecule is CC(C)(C)[Si](C)(C)OCC/C(Cl)=C(/Cl)CCC=O. The van der Waals surface area contributed by atoms with Gasteiger partial charge in [0.25, 0.3) is 0 Å². The molecule has 0 bridgehead atoms. The minimum Gasteiger partial charge on any atom is -0.416 e. The Kier molecular flexibility index (Phi) is 7.75.